The Labute approximate surface area is 165 Å². The van der Waals surface area contributed by atoms with E-state index in [-0.39, 0.29) is 40.7 Å². The Balaban J connectivity index is 1.68. The lowest BCUT2D eigenvalue weighted by Crippen LogP contribution is -2.07. The van der Waals surface area contributed by atoms with E-state index in [1.54, 1.807) is 25.1 Å². The third-order valence-corrected chi connectivity index (χ3v) is 5.17. The molecule has 3 rings (SSSR count). The van der Waals surface area contributed by atoms with Gasteiger partial charge in [-0.3, -0.25) is 9.59 Å². The Morgan fingerprint density at radius 1 is 1.25 bits per heavy atom. The van der Waals surface area contributed by atoms with Gasteiger partial charge < -0.3 is 9.40 Å². The van der Waals surface area contributed by atoms with E-state index in [0.29, 0.717) is 28.9 Å². The van der Waals surface area contributed by atoms with Crippen LogP contribution in [-0.4, -0.2) is 32.5 Å². The van der Waals surface area contributed by atoms with E-state index in [4.69, 9.17) is 4.42 Å². The van der Waals surface area contributed by atoms with Crippen molar-refractivity contribution in [2.45, 2.75) is 38.8 Å². The van der Waals surface area contributed by atoms with Crippen LogP contribution in [0.2, 0.25) is 0 Å². The minimum Gasteiger partial charge on any atom is -0.416 e. The summed E-state index contributed by atoms with van der Waals surface area (Å²) in [5, 5.41) is 8.06. The molecule has 3 aromatic rings. The van der Waals surface area contributed by atoms with Gasteiger partial charge >= 0.3 is 0 Å². The standard InChI is InChI=1S/C20H20FN3O3S/c1-4-14-18(12(3)25)11(2)22-19(14)16(26)10-28-20-24-23-17(27-20)9-13-7-5-6-8-15(13)21/h5-8,22H,4,9-10H2,1-3H3. The Hall–Kier alpha value is -2.74. The molecule has 0 unspecified atom stereocenters. The molecule has 146 valence electrons. The van der Waals surface area contributed by atoms with E-state index in [0.717, 1.165) is 17.3 Å². The quantitative estimate of drug-likeness (QED) is 0.450. The second kappa shape index (κ2) is 8.52. The molecule has 1 aromatic carbocycles. The number of hydrogen-bond acceptors (Lipinski definition) is 6. The maximum absolute atomic E-state index is 13.7. The largest absolute Gasteiger partial charge is 0.416 e. The van der Waals surface area contributed by atoms with Crippen molar-refractivity contribution in [3.05, 3.63) is 64.1 Å². The Kier molecular flexibility index (Phi) is 6.08. The fourth-order valence-electron chi connectivity index (χ4n) is 3.12. The number of aromatic nitrogens is 3. The van der Waals surface area contributed by atoms with Gasteiger partial charge in [-0.05, 0) is 37.5 Å². The highest BCUT2D eigenvalue weighted by Gasteiger charge is 2.22. The van der Waals surface area contributed by atoms with Crippen molar-refractivity contribution in [2.75, 3.05) is 5.75 Å². The number of ketones is 2. The van der Waals surface area contributed by atoms with Crippen LogP contribution in [0.4, 0.5) is 4.39 Å². The van der Waals surface area contributed by atoms with Gasteiger partial charge in [-0.15, -0.1) is 10.2 Å². The number of aromatic amines is 1. The summed E-state index contributed by atoms with van der Waals surface area (Å²) in [6, 6.07) is 6.38. The second-order valence-electron chi connectivity index (χ2n) is 6.33. The van der Waals surface area contributed by atoms with Crippen LogP contribution in [0.3, 0.4) is 0 Å². The zero-order valence-corrected chi connectivity index (χ0v) is 16.7. The first-order valence-electron chi connectivity index (χ1n) is 8.84. The maximum atomic E-state index is 13.7. The molecule has 0 saturated carbocycles. The number of H-pyrrole nitrogens is 1. The van der Waals surface area contributed by atoms with Gasteiger partial charge in [0.25, 0.3) is 5.22 Å². The van der Waals surface area contributed by atoms with E-state index in [2.05, 4.69) is 15.2 Å². The van der Waals surface area contributed by atoms with Gasteiger partial charge in [0.1, 0.15) is 5.82 Å². The summed E-state index contributed by atoms with van der Waals surface area (Å²) in [5.74, 6) is -0.172. The van der Waals surface area contributed by atoms with Crippen molar-refractivity contribution >= 4 is 23.3 Å². The van der Waals surface area contributed by atoms with Gasteiger partial charge in [0.15, 0.2) is 11.6 Å². The summed E-state index contributed by atoms with van der Waals surface area (Å²) in [4.78, 5) is 27.5. The highest BCUT2D eigenvalue weighted by Crippen LogP contribution is 2.24. The molecule has 0 aliphatic heterocycles. The van der Waals surface area contributed by atoms with Crippen LogP contribution in [0.1, 0.15) is 57.4 Å². The molecule has 0 bridgehead atoms. The molecule has 0 radical (unpaired) electrons. The van der Waals surface area contributed by atoms with E-state index in [9.17, 15) is 14.0 Å². The number of carbonyl (C=O) groups is 2. The van der Waals surface area contributed by atoms with Crippen LogP contribution < -0.4 is 0 Å². The zero-order valence-electron chi connectivity index (χ0n) is 15.8. The summed E-state index contributed by atoms with van der Waals surface area (Å²) in [6.45, 7) is 5.19. The first-order valence-corrected chi connectivity index (χ1v) is 9.83. The van der Waals surface area contributed by atoms with Gasteiger partial charge in [0.2, 0.25) is 5.89 Å². The number of aryl methyl sites for hydroxylation is 1. The molecule has 0 amide bonds. The molecule has 0 spiro atoms. The van der Waals surface area contributed by atoms with Crippen molar-refractivity contribution in [1.29, 1.82) is 0 Å². The average Bonchev–Trinajstić information content (AvgIpc) is 3.25. The van der Waals surface area contributed by atoms with Crippen molar-refractivity contribution < 1.29 is 18.4 Å². The Morgan fingerprint density at radius 3 is 2.68 bits per heavy atom. The molecule has 0 atom stereocenters. The van der Waals surface area contributed by atoms with Crippen LogP contribution in [-0.2, 0) is 12.8 Å². The van der Waals surface area contributed by atoms with Crippen molar-refractivity contribution in [1.82, 2.24) is 15.2 Å². The summed E-state index contributed by atoms with van der Waals surface area (Å²) >= 11 is 1.11. The molecule has 2 aromatic heterocycles. The predicted molar refractivity (Wildman–Crippen MR) is 103 cm³/mol. The lowest BCUT2D eigenvalue weighted by Gasteiger charge is -2.02. The normalized spacial score (nSPS) is 11.0. The number of carbonyl (C=O) groups excluding carboxylic acids is 2. The van der Waals surface area contributed by atoms with E-state index < -0.39 is 0 Å². The number of nitrogens with one attached hydrogen (secondary N) is 1. The predicted octanol–water partition coefficient (Wildman–Crippen LogP) is 4.18. The molecule has 0 saturated heterocycles. The minimum absolute atomic E-state index is 0.0630. The van der Waals surface area contributed by atoms with Gasteiger partial charge in [-0.1, -0.05) is 36.9 Å². The van der Waals surface area contributed by atoms with Crippen LogP contribution >= 0.6 is 11.8 Å². The molecule has 8 heteroatoms. The smallest absolute Gasteiger partial charge is 0.277 e. The highest BCUT2D eigenvalue weighted by molar-refractivity contribution is 7.99. The first-order chi connectivity index (χ1) is 13.4. The third kappa shape index (κ3) is 4.22. The molecular formula is C20H20FN3O3S. The van der Waals surface area contributed by atoms with Crippen molar-refractivity contribution in [3.8, 4) is 0 Å². The second-order valence-corrected chi connectivity index (χ2v) is 7.26. The fourth-order valence-corrected chi connectivity index (χ4v) is 3.77. The number of hydrogen-bond donors (Lipinski definition) is 1. The number of nitrogens with zero attached hydrogens (tertiary/aromatic N) is 2. The number of rotatable bonds is 8. The number of thioether (sulfide) groups is 1. The Bertz CT molecular complexity index is 1030. The van der Waals surface area contributed by atoms with Crippen LogP contribution in [0.15, 0.2) is 33.9 Å². The third-order valence-electron chi connectivity index (χ3n) is 4.35. The Morgan fingerprint density at radius 2 is 2.00 bits per heavy atom. The molecule has 0 fully saturated rings. The fraction of sp³-hybridized carbons (Fsp3) is 0.300. The monoisotopic (exact) mass is 401 g/mol. The zero-order chi connectivity index (χ0) is 20.3. The van der Waals surface area contributed by atoms with Gasteiger partial charge in [0, 0.05) is 11.3 Å². The van der Waals surface area contributed by atoms with Crippen molar-refractivity contribution in [3.63, 3.8) is 0 Å². The topological polar surface area (TPSA) is 88.8 Å². The average molecular weight is 401 g/mol. The SMILES string of the molecule is CCc1c(C(=O)CSc2nnc(Cc3ccccc3F)o2)[nH]c(C)c1C(C)=O. The van der Waals surface area contributed by atoms with Crippen LogP contribution in [0, 0.1) is 12.7 Å². The summed E-state index contributed by atoms with van der Waals surface area (Å²) in [5.41, 5.74) is 2.93. The lowest BCUT2D eigenvalue weighted by molar-refractivity contribution is 0.101. The summed E-state index contributed by atoms with van der Waals surface area (Å²) in [6.07, 6.45) is 0.768. The van der Waals surface area contributed by atoms with E-state index in [1.165, 1.54) is 13.0 Å². The van der Waals surface area contributed by atoms with Gasteiger partial charge in [-0.2, -0.15) is 0 Å². The highest BCUT2D eigenvalue weighted by atomic mass is 32.2. The number of Topliss-reactive ketones (excluding diaryl/α,β-unsaturated/α-hetero) is 2. The molecule has 0 aliphatic carbocycles. The number of halogens is 1. The van der Waals surface area contributed by atoms with E-state index in [1.807, 2.05) is 6.92 Å². The molecule has 1 N–H and O–H groups in total. The van der Waals surface area contributed by atoms with Crippen molar-refractivity contribution in [2.24, 2.45) is 0 Å². The first kappa shape index (κ1) is 20.0. The summed E-state index contributed by atoms with van der Waals surface area (Å²) in [7, 11) is 0. The minimum atomic E-state index is -0.333. The molecule has 28 heavy (non-hydrogen) atoms. The molecular weight excluding hydrogens is 381 g/mol. The van der Waals surface area contributed by atoms with Gasteiger partial charge in [-0.25, -0.2) is 4.39 Å². The summed E-state index contributed by atoms with van der Waals surface area (Å²) < 4.78 is 19.2. The van der Waals surface area contributed by atoms with Crippen LogP contribution in [0.25, 0.3) is 0 Å². The maximum Gasteiger partial charge on any atom is 0.277 e. The molecule has 0 aliphatic rings. The molecule has 2 heterocycles. The number of benzene rings is 1. The van der Waals surface area contributed by atoms with Crippen LogP contribution in [0.5, 0.6) is 0 Å². The lowest BCUT2D eigenvalue weighted by atomic mass is 10.0. The van der Waals surface area contributed by atoms with E-state index >= 15 is 0 Å². The molecule has 6 nitrogen and oxygen atoms in total. The van der Waals surface area contributed by atoms with Gasteiger partial charge in [0.05, 0.1) is 17.9 Å².